The first-order valence-corrected chi connectivity index (χ1v) is 13.1. The fourth-order valence-corrected chi connectivity index (χ4v) is 9.00. The van der Waals surface area contributed by atoms with Crippen LogP contribution in [0.2, 0.25) is 0 Å². The minimum atomic E-state index is -0.191. The third-order valence-corrected chi connectivity index (χ3v) is 10.2. The maximum absolute atomic E-state index is 4.65. The number of hydrogen-bond acceptors (Lipinski definition) is 1. The number of benzene rings is 2. The molecule has 1 nitrogen and oxygen atoms in total. The van der Waals surface area contributed by atoms with E-state index in [0.29, 0.717) is 5.66 Å². The average Bonchev–Trinajstić information content (AvgIpc) is 2.98. The Balaban J connectivity index is 1.57. The monoisotopic (exact) mass is 411 g/mol. The topological polar surface area (TPSA) is 12.9 Å². The number of hydrogen-bond donors (Lipinski definition) is 0. The minimum Gasteiger partial charge on any atom is -0.261 e. The summed E-state index contributed by atoms with van der Waals surface area (Å²) in [5.74, 6) is 0. The van der Waals surface area contributed by atoms with Gasteiger partial charge in [0.1, 0.15) is 0 Å². The van der Waals surface area contributed by atoms with E-state index in [9.17, 15) is 0 Å². The van der Waals surface area contributed by atoms with Gasteiger partial charge in [-0.25, -0.2) is 0 Å². The Labute approximate surface area is 182 Å². The smallest absolute Gasteiger partial charge is 0.0407 e. The van der Waals surface area contributed by atoms with Crippen LogP contribution in [0.1, 0.15) is 65.7 Å². The number of pyridine rings is 1. The van der Waals surface area contributed by atoms with E-state index in [4.69, 9.17) is 0 Å². The lowest BCUT2D eigenvalue weighted by Gasteiger charge is -2.38. The zero-order valence-electron chi connectivity index (χ0n) is 17.6. The molecule has 0 saturated heterocycles. The Morgan fingerprint density at radius 3 is 2.00 bits per heavy atom. The molecule has 2 heteroatoms. The largest absolute Gasteiger partial charge is 0.261 e. The molecule has 1 heterocycles. The summed E-state index contributed by atoms with van der Waals surface area (Å²) in [6.07, 6.45) is 16.0. The molecule has 0 bridgehead atoms. The zero-order valence-corrected chi connectivity index (χ0v) is 18.5. The van der Waals surface area contributed by atoms with Gasteiger partial charge in [-0.05, 0) is 65.5 Å². The highest BCUT2D eigenvalue weighted by molar-refractivity contribution is 7.59. The Kier molecular flexibility index (Phi) is 6.09. The van der Waals surface area contributed by atoms with Crippen molar-refractivity contribution < 1.29 is 0 Å². The van der Waals surface area contributed by atoms with E-state index in [1.54, 1.807) is 0 Å². The van der Waals surface area contributed by atoms with E-state index < -0.39 is 0 Å². The van der Waals surface area contributed by atoms with Crippen LogP contribution in [0.3, 0.4) is 0 Å². The summed E-state index contributed by atoms with van der Waals surface area (Å²) in [6, 6.07) is 24.6. The van der Waals surface area contributed by atoms with Crippen LogP contribution < -0.4 is 0 Å². The van der Waals surface area contributed by atoms with Gasteiger partial charge in [0.25, 0.3) is 0 Å². The molecule has 0 N–H and O–H groups in total. The molecular weight excluding hydrogens is 381 g/mol. The summed E-state index contributed by atoms with van der Waals surface area (Å²) in [5.41, 5.74) is 8.51. The number of fused-ring (bicyclic) bond motifs is 2. The van der Waals surface area contributed by atoms with Crippen molar-refractivity contribution >= 4 is 20.1 Å². The fraction of sp³-hybridized carbons (Fsp3) is 0.321. The van der Waals surface area contributed by atoms with Crippen LogP contribution in [0.25, 0.3) is 12.2 Å². The van der Waals surface area contributed by atoms with Crippen LogP contribution in [-0.2, 0) is 6.42 Å². The van der Waals surface area contributed by atoms with Gasteiger partial charge < -0.3 is 0 Å². The number of aryl methyl sites for hydroxylation is 1. The standard InChI is InChI=1S/C28H30NP/c1-2-13-25(14-3-1)30(21-19-24-12-8-9-20-29-24)28-26-15-6-4-10-22(26)17-18-23-11-5-7-16-27(23)28/h4-12,15-18,20,25,28H,1-3,13-14,19,21H2. The van der Waals surface area contributed by atoms with Crippen LogP contribution in [0.5, 0.6) is 0 Å². The van der Waals surface area contributed by atoms with Crippen molar-refractivity contribution in [3.05, 3.63) is 101 Å². The van der Waals surface area contributed by atoms with Crippen LogP contribution >= 0.6 is 7.92 Å². The number of rotatable bonds is 5. The molecule has 5 rings (SSSR count). The van der Waals surface area contributed by atoms with E-state index >= 15 is 0 Å². The van der Waals surface area contributed by atoms with Crippen molar-refractivity contribution in [2.45, 2.75) is 49.8 Å². The first-order chi connectivity index (χ1) is 14.9. The predicted octanol–water partition coefficient (Wildman–Crippen LogP) is 7.71. The van der Waals surface area contributed by atoms with Crippen molar-refractivity contribution in [2.24, 2.45) is 0 Å². The Morgan fingerprint density at radius 2 is 1.37 bits per heavy atom. The molecule has 152 valence electrons. The molecule has 30 heavy (non-hydrogen) atoms. The lowest BCUT2D eigenvalue weighted by atomic mass is 9.99. The van der Waals surface area contributed by atoms with Gasteiger partial charge in [0, 0.05) is 17.5 Å². The highest BCUT2D eigenvalue weighted by Gasteiger charge is 2.34. The zero-order chi connectivity index (χ0) is 20.2. The van der Waals surface area contributed by atoms with Crippen LogP contribution in [0.4, 0.5) is 0 Å². The molecule has 1 saturated carbocycles. The van der Waals surface area contributed by atoms with E-state index in [1.807, 2.05) is 12.3 Å². The van der Waals surface area contributed by atoms with Crippen molar-refractivity contribution in [3.8, 4) is 0 Å². The van der Waals surface area contributed by atoms with Crippen LogP contribution in [-0.4, -0.2) is 16.8 Å². The number of aromatic nitrogens is 1. The highest BCUT2D eigenvalue weighted by Crippen LogP contribution is 2.62. The van der Waals surface area contributed by atoms with Crippen LogP contribution in [0, 0.1) is 0 Å². The summed E-state index contributed by atoms with van der Waals surface area (Å²) >= 11 is 0. The Morgan fingerprint density at radius 1 is 0.733 bits per heavy atom. The average molecular weight is 412 g/mol. The van der Waals surface area contributed by atoms with Gasteiger partial charge in [-0.15, -0.1) is 0 Å². The maximum Gasteiger partial charge on any atom is 0.0407 e. The second kappa shape index (κ2) is 9.27. The molecule has 0 amide bonds. The maximum atomic E-state index is 4.65. The van der Waals surface area contributed by atoms with E-state index in [0.717, 1.165) is 12.1 Å². The summed E-state index contributed by atoms with van der Waals surface area (Å²) in [5, 5.41) is 0. The number of nitrogens with zero attached hydrogens (tertiary/aromatic N) is 1. The first kappa shape index (κ1) is 19.7. The van der Waals surface area contributed by atoms with Crippen molar-refractivity contribution in [3.63, 3.8) is 0 Å². The van der Waals surface area contributed by atoms with Gasteiger partial charge in [0.05, 0.1) is 0 Å². The molecule has 0 radical (unpaired) electrons. The van der Waals surface area contributed by atoms with Crippen molar-refractivity contribution in [1.82, 2.24) is 4.98 Å². The van der Waals surface area contributed by atoms with Crippen molar-refractivity contribution in [2.75, 3.05) is 6.16 Å². The molecule has 3 aromatic rings. The molecule has 2 aliphatic carbocycles. The van der Waals surface area contributed by atoms with Gasteiger partial charge >= 0.3 is 0 Å². The van der Waals surface area contributed by atoms with Crippen molar-refractivity contribution in [1.29, 1.82) is 0 Å². The van der Waals surface area contributed by atoms with E-state index in [2.05, 4.69) is 77.8 Å². The molecule has 2 aromatic carbocycles. The molecule has 1 atom stereocenters. The molecule has 1 fully saturated rings. The van der Waals surface area contributed by atoms with Gasteiger partial charge in [-0.2, -0.15) is 0 Å². The van der Waals surface area contributed by atoms with Crippen LogP contribution in [0.15, 0.2) is 72.9 Å². The quantitative estimate of drug-likeness (QED) is 0.392. The van der Waals surface area contributed by atoms with Gasteiger partial charge in [-0.1, -0.05) is 93.9 Å². The normalized spacial score (nSPS) is 17.7. The lowest BCUT2D eigenvalue weighted by molar-refractivity contribution is 0.509. The molecule has 0 spiro atoms. The van der Waals surface area contributed by atoms with Gasteiger partial charge in [0.15, 0.2) is 0 Å². The van der Waals surface area contributed by atoms with Gasteiger partial charge in [0.2, 0.25) is 0 Å². The third-order valence-electron chi connectivity index (χ3n) is 6.75. The molecular formula is C28H30NP. The fourth-order valence-electron chi connectivity index (χ4n) is 5.25. The van der Waals surface area contributed by atoms with E-state index in [1.165, 1.54) is 66.2 Å². The molecule has 2 aliphatic rings. The highest BCUT2D eigenvalue weighted by atomic mass is 31.1. The predicted molar refractivity (Wildman–Crippen MR) is 130 cm³/mol. The molecule has 1 unspecified atom stereocenters. The molecule has 1 aromatic heterocycles. The van der Waals surface area contributed by atoms with Gasteiger partial charge in [-0.3, -0.25) is 4.98 Å². The first-order valence-electron chi connectivity index (χ1n) is 11.4. The SMILES string of the molecule is C1=Cc2ccccc2C(P(CCc2ccccn2)C2CCCCC2)c2ccccc21. The summed E-state index contributed by atoms with van der Waals surface area (Å²) < 4.78 is 0. The molecule has 0 aliphatic heterocycles. The third kappa shape index (κ3) is 4.14. The second-order valence-electron chi connectivity index (χ2n) is 8.59. The van der Waals surface area contributed by atoms with E-state index in [-0.39, 0.29) is 7.92 Å². The summed E-state index contributed by atoms with van der Waals surface area (Å²) in [6.45, 7) is 0. The summed E-state index contributed by atoms with van der Waals surface area (Å²) in [7, 11) is -0.191. The second-order valence-corrected chi connectivity index (χ2v) is 11.3. The Bertz CT molecular complexity index is 954. The summed E-state index contributed by atoms with van der Waals surface area (Å²) in [4.78, 5) is 4.65. The Hall–Kier alpha value is -2.24. The lowest BCUT2D eigenvalue weighted by Crippen LogP contribution is -2.18. The minimum absolute atomic E-state index is 0.191.